The fraction of sp³-hybridized carbons (Fsp3) is 0.125. The van der Waals surface area contributed by atoms with E-state index in [9.17, 15) is 4.79 Å². The number of aryl methyl sites for hydroxylation is 1. The molecule has 0 saturated heterocycles. The van der Waals surface area contributed by atoms with Crippen LogP contribution in [0.4, 0.5) is 11.4 Å². The van der Waals surface area contributed by atoms with E-state index in [0.29, 0.717) is 10.7 Å². The summed E-state index contributed by atoms with van der Waals surface area (Å²) < 4.78 is 0. The Kier molecular flexibility index (Phi) is 4.90. The first-order valence-electron chi connectivity index (χ1n) is 6.66. The number of rotatable bonds is 4. The molecule has 2 rings (SSSR count). The quantitative estimate of drug-likeness (QED) is 0.759. The third-order valence-electron chi connectivity index (χ3n) is 3.07. The molecule has 0 unspecified atom stereocenters. The van der Waals surface area contributed by atoms with Gasteiger partial charge >= 0.3 is 0 Å². The van der Waals surface area contributed by atoms with Gasteiger partial charge in [-0.25, -0.2) is 0 Å². The molecule has 0 aliphatic carbocycles. The van der Waals surface area contributed by atoms with Gasteiger partial charge in [0.05, 0.1) is 0 Å². The predicted octanol–water partition coefficient (Wildman–Crippen LogP) is 3.16. The van der Waals surface area contributed by atoms with Crippen LogP contribution in [0.1, 0.15) is 22.8 Å². The number of benzene rings is 2. The number of hydrogen-bond donors (Lipinski definition) is 3. The Hall–Kier alpha value is -2.40. The number of thiocarbonyl (C=S) groups is 1. The summed E-state index contributed by atoms with van der Waals surface area (Å²) in [5, 5.41) is 6.75. The van der Waals surface area contributed by atoms with Crippen molar-refractivity contribution in [3.05, 3.63) is 59.7 Å². The Morgan fingerprint density at radius 2 is 1.76 bits per heavy atom. The summed E-state index contributed by atoms with van der Waals surface area (Å²) >= 11 is 5.30. The number of carbonyl (C=O) groups is 1. The minimum absolute atomic E-state index is 0.445. The molecule has 4 nitrogen and oxygen atoms in total. The van der Waals surface area contributed by atoms with Crippen LogP contribution in [0.2, 0.25) is 0 Å². The predicted molar refractivity (Wildman–Crippen MR) is 90.6 cm³/mol. The van der Waals surface area contributed by atoms with Gasteiger partial charge in [0, 0.05) is 16.9 Å². The molecule has 4 N–H and O–H groups in total. The van der Waals surface area contributed by atoms with E-state index in [1.165, 1.54) is 5.56 Å². The summed E-state index contributed by atoms with van der Waals surface area (Å²) in [6, 6.07) is 14.9. The van der Waals surface area contributed by atoms with E-state index in [4.69, 9.17) is 18.0 Å². The Labute approximate surface area is 129 Å². The van der Waals surface area contributed by atoms with E-state index >= 15 is 0 Å². The largest absolute Gasteiger partial charge is 0.366 e. The topological polar surface area (TPSA) is 67.2 Å². The molecule has 0 atom stereocenters. The standard InChI is InChI=1S/C16H17N3OS/c1-2-11-5-3-4-6-14(11)19-16(21)18-13-9-7-12(8-10-13)15(17)20/h3-10H,2H2,1H3,(H2,17,20)(H2,18,19,21). The second-order valence-electron chi connectivity index (χ2n) is 4.53. The van der Waals surface area contributed by atoms with E-state index in [2.05, 4.69) is 23.6 Å². The number of nitrogens with two attached hydrogens (primary N) is 1. The molecule has 0 bridgehead atoms. The fourth-order valence-corrected chi connectivity index (χ4v) is 2.18. The highest BCUT2D eigenvalue weighted by atomic mass is 32.1. The van der Waals surface area contributed by atoms with Crippen LogP contribution >= 0.6 is 12.2 Å². The average molecular weight is 299 g/mol. The second-order valence-corrected chi connectivity index (χ2v) is 4.94. The van der Waals surface area contributed by atoms with Gasteiger partial charge in [-0.15, -0.1) is 0 Å². The van der Waals surface area contributed by atoms with Crippen molar-refractivity contribution in [3.63, 3.8) is 0 Å². The summed E-state index contributed by atoms with van der Waals surface area (Å²) in [5.74, 6) is -0.445. The first-order valence-corrected chi connectivity index (χ1v) is 7.06. The highest BCUT2D eigenvalue weighted by Gasteiger charge is 2.04. The molecule has 0 heterocycles. The maximum absolute atomic E-state index is 11.0. The third kappa shape index (κ3) is 4.03. The van der Waals surface area contributed by atoms with Crippen LogP contribution in [0.25, 0.3) is 0 Å². The minimum Gasteiger partial charge on any atom is -0.366 e. The highest BCUT2D eigenvalue weighted by Crippen LogP contribution is 2.16. The lowest BCUT2D eigenvalue weighted by molar-refractivity contribution is 0.100. The van der Waals surface area contributed by atoms with Gasteiger partial charge < -0.3 is 16.4 Å². The summed E-state index contributed by atoms with van der Waals surface area (Å²) in [5.41, 5.74) is 8.66. The number of carbonyl (C=O) groups excluding carboxylic acids is 1. The zero-order chi connectivity index (χ0) is 15.2. The zero-order valence-electron chi connectivity index (χ0n) is 11.7. The van der Waals surface area contributed by atoms with Crippen molar-refractivity contribution in [1.29, 1.82) is 0 Å². The molecule has 0 saturated carbocycles. The number of nitrogens with one attached hydrogen (secondary N) is 2. The van der Waals surface area contributed by atoms with E-state index in [1.54, 1.807) is 24.3 Å². The lowest BCUT2D eigenvalue weighted by atomic mass is 10.1. The van der Waals surface area contributed by atoms with Gasteiger partial charge in [0.2, 0.25) is 5.91 Å². The van der Waals surface area contributed by atoms with Gasteiger partial charge in [-0.3, -0.25) is 4.79 Å². The van der Waals surface area contributed by atoms with Crippen LogP contribution in [0.3, 0.4) is 0 Å². The lowest BCUT2D eigenvalue weighted by Gasteiger charge is -2.13. The van der Waals surface area contributed by atoms with Crippen LogP contribution in [-0.4, -0.2) is 11.0 Å². The van der Waals surface area contributed by atoms with Crippen molar-refractivity contribution < 1.29 is 4.79 Å². The molecular formula is C16H17N3OS. The first kappa shape index (κ1) is 15.0. The Bertz CT molecular complexity index is 653. The van der Waals surface area contributed by atoms with Crippen LogP contribution in [0.5, 0.6) is 0 Å². The van der Waals surface area contributed by atoms with Gasteiger partial charge in [-0.05, 0) is 54.5 Å². The zero-order valence-corrected chi connectivity index (χ0v) is 12.5. The maximum Gasteiger partial charge on any atom is 0.248 e. The SMILES string of the molecule is CCc1ccccc1NC(=S)Nc1ccc(C(N)=O)cc1. The number of para-hydroxylation sites is 1. The molecule has 0 aliphatic heterocycles. The summed E-state index contributed by atoms with van der Waals surface area (Å²) in [4.78, 5) is 11.0. The van der Waals surface area contributed by atoms with E-state index in [-0.39, 0.29) is 0 Å². The molecule has 0 fully saturated rings. The monoisotopic (exact) mass is 299 g/mol. The van der Waals surface area contributed by atoms with Crippen molar-refractivity contribution in [3.8, 4) is 0 Å². The van der Waals surface area contributed by atoms with Gasteiger partial charge in [-0.2, -0.15) is 0 Å². The molecule has 5 heteroatoms. The Morgan fingerprint density at radius 3 is 2.38 bits per heavy atom. The fourth-order valence-electron chi connectivity index (χ4n) is 1.95. The molecule has 0 radical (unpaired) electrons. The van der Waals surface area contributed by atoms with Crippen molar-refractivity contribution in [2.75, 3.05) is 10.6 Å². The smallest absolute Gasteiger partial charge is 0.248 e. The molecule has 2 aromatic carbocycles. The molecule has 0 aromatic heterocycles. The van der Waals surface area contributed by atoms with Crippen molar-refractivity contribution in [2.45, 2.75) is 13.3 Å². The minimum atomic E-state index is -0.445. The molecular weight excluding hydrogens is 282 g/mol. The van der Waals surface area contributed by atoms with Crippen LogP contribution in [0.15, 0.2) is 48.5 Å². The van der Waals surface area contributed by atoms with Crippen LogP contribution in [-0.2, 0) is 6.42 Å². The third-order valence-corrected chi connectivity index (χ3v) is 3.28. The summed E-state index contributed by atoms with van der Waals surface area (Å²) in [6.45, 7) is 2.10. The maximum atomic E-state index is 11.0. The Morgan fingerprint density at radius 1 is 1.10 bits per heavy atom. The summed E-state index contributed by atoms with van der Waals surface area (Å²) in [6.07, 6.45) is 0.930. The van der Waals surface area contributed by atoms with Crippen molar-refractivity contribution >= 4 is 34.6 Å². The molecule has 108 valence electrons. The van der Waals surface area contributed by atoms with Gasteiger partial charge in [-0.1, -0.05) is 25.1 Å². The van der Waals surface area contributed by atoms with Crippen molar-refractivity contribution in [1.82, 2.24) is 0 Å². The van der Waals surface area contributed by atoms with Gasteiger partial charge in [0.25, 0.3) is 0 Å². The Balaban J connectivity index is 2.03. The first-order chi connectivity index (χ1) is 10.1. The van der Waals surface area contributed by atoms with Crippen LogP contribution in [0, 0.1) is 0 Å². The van der Waals surface area contributed by atoms with Crippen molar-refractivity contribution in [2.24, 2.45) is 5.73 Å². The van der Waals surface area contributed by atoms with Crippen LogP contribution < -0.4 is 16.4 Å². The summed E-state index contributed by atoms with van der Waals surface area (Å²) in [7, 11) is 0. The second kappa shape index (κ2) is 6.85. The number of primary amides is 1. The van der Waals surface area contributed by atoms with E-state index < -0.39 is 5.91 Å². The lowest BCUT2D eigenvalue weighted by Crippen LogP contribution is -2.20. The van der Waals surface area contributed by atoms with E-state index in [1.807, 2.05) is 18.2 Å². The normalized spacial score (nSPS) is 9.95. The number of hydrogen-bond acceptors (Lipinski definition) is 2. The molecule has 21 heavy (non-hydrogen) atoms. The average Bonchev–Trinajstić information content (AvgIpc) is 2.48. The van der Waals surface area contributed by atoms with E-state index in [0.717, 1.165) is 17.8 Å². The highest BCUT2D eigenvalue weighted by molar-refractivity contribution is 7.80. The van der Waals surface area contributed by atoms with Gasteiger partial charge in [0.15, 0.2) is 5.11 Å². The number of anilines is 2. The molecule has 0 spiro atoms. The van der Waals surface area contributed by atoms with Gasteiger partial charge in [0.1, 0.15) is 0 Å². The molecule has 0 aliphatic rings. The number of amides is 1. The molecule has 2 aromatic rings. The molecule has 1 amide bonds.